The summed E-state index contributed by atoms with van der Waals surface area (Å²) in [6, 6.07) is 0. The Morgan fingerprint density at radius 2 is 2.18 bits per heavy atom. The molecular formula is C9H16O2. The fourth-order valence-corrected chi connectivity index (χ4v) is 0.597. The monoisotopic (exact) mass is 156 g/mol. The van der Waals surface area contributed by atoms with Gasteiger partial charge in [0.15, 0.2) is 0 Å². The molecule has 0 aliphatic rings. The molecule has 0 bridgehead atoms. The molecule has 0 spiro atoms. The summed E-state index contributed by atoms with van der Waals surface area (Å²) >= 11 is 0. The molecule has 0 N–H and O–H groups in total. The van der Waals surface area contributed by atoms with Crippen LogP contribution in [0.2, 0.25) is 0 Å². The van der Waals surface area contributed by atoms with E-state index in [1.807, 2.05) is 13.8 Å². The van der Waals surface area contributed by atoms with Crippen LogP contribution in [0.15, 0.2) is 24.0 Å². The third kappa shape index (κ3) is 4.62. The van der Waals surface area contributed by atoms with Crippen molar-refractivity contribution < 1.29 is 9.47 Å². The van der Waals surface area contributed by atoms with E-state index < -0.39 is 0 Å². The van der Waals surface area contributed by atoms with Gasteiger partial charge < -0.3 is 9.47 Å². The molecule has 0 aromatic carbocycles. The van der Waals surface area contributed by atoms with E-state index in [1.54, 1.807) is 13.4 Å². The zero-order valence-corrected chi connectivity index (χ0v) is 7.52. The zero-order chi connectivity index (χ0) is 8.69. The molecule has 0 aromatic heterocycles. The van der Waals surface area contributed by atoms with Crippen LogP contribution in [-0.4, -0.2) is 20.3 Å². The summed E-state index contributed by atoms with van der Waals surface area (Å²) in [5.41, 5.74) is 2.00. The lowest BCUT2D eigenvalue weighted by atomic mass is 10.2. The van der Waals surface area contributed by atoms with Crippen LogP contribution in [0.4, 0.5) is 0 Å². The van der Waals surface area contributed by atoms with Crippen LogP contribution in [0.25, 0.3) is 0 Å². The predicted molar refractivity (Wildman–Crippen MR) is 46.4 cm³/mol. The summed E-state index contributed by atoms with van der Waals surface area (Å²) < 4.78 is 10.1. The maximum atomic E-state index is 5.11. The molecule has 0 heterocycles. The Morgan fingerprint density at radius 1 is 1.55 bits per heavy atom. The van der Waals surface area contributed by atoms with Gasteiger partial charge in [0, 0.05) is 12.7 Å². The van der Waals surface area contributed by atoms with Gasteiger partial charge in [-0.3, -0.25) is 0 Å². The first-order valence-electron chi connectivity index (χ1n) is 3.67. The molecule has 64 valence electrons. The summed E-state index contributed by atoms with van der Waals surface area (Å²) in [5, 5.41) is 0. The van der Waals surface area contributed by atoms with Crippen LogP contribution >= 0.6 is 0 Å². The number of hydrogen-bond acceptors (Lipinski definition) is 2. The van der Waals surface area contributed by atoms with Gasteiger partial charge in [0.2, 0.25) is 0 Å². The van der Waals surface area contributed by atoms with Crippen LogP contribution in [0.1, 0.15) is 13.8 Å². The first-order valence-corrected chi connectivity index (χ1v) is 3.67. The van der Waals surface area contributed by atoms with E-state index in [9.17, 15) is 0 Å². The molecule has 0 aromatic rings. The topological polar surface area (TPSA) is 18.5 Å². The average Bonchev–Trinajstić information content (AvgIpc) is 1.97. The molecule has 0 radical (unpaired) electrons. The third-order valence-electron chi connectivity index (χ3n) is 1.24. The number of ether oxygens (including phenoxy) is 2. The fraction of sp³-hybridized carbons (Fsp3) is 0.556. The second kappa shape index (κ2) is 5.98. The normalized spacial score (nSPS) is 11.4. The van der Waals surface area contributed by atoms with E-state index in [0.29, 0.717) is 13.2 Å². The lowest BCUT2D eigenvalue weighted by molar-refractivity contribution is 0.215. The number of hydrogen-bond donors (Lipinski definition) is 0. The molecule has 0 saturated heterocycles. The highest BCUT2D eigenvalue weighted by molar-refractivity contribution is 5.24. The van der Waals surface area contributed by atoms with Crippen LogP contribution < -0.4 is 0 Å². The third-order valence-corrected chi connectivity index (χ3v) is 1.24. The predicted octanol–water partition coefficient (Wildman–Crippen LogP) is 2.13. The minimum absolute atomic E-state index is 0.565. The van der Waals surface area contributed by atoms with Gasteiger partial charge in [0.25, 0.3) is 0 Å². The number of methoxy groups -OCH3 is 1. The molecule has 2 nitrogen and oxygen atoms in total. The largest absolute Gasteiger partial charge is 0.501 e. The Balaban J connectivity index is 3.97. The van der Waals surface area contributed by atoms with E-state index in [4.69, 9.17) is 9.47 Å². The second-order valence-electron chi connectivity index (χ2n) is 2.31. The summed E-state index contributed by atoms with van der Waals surface area (Å²) in [6.45, 7) is 8.92. The van der Waals surface area contributed by atoms with Crippen LogP contribution in [0, 0.1) is 0 Å². The maximum Gasteiger partial charge on any atom is 0.0886 e. The summed E-state index contributed by atoms with van der Waals surface area (Å²) in [5.74, 6) is 0. The number of rotatable bonds is 5. The average molecular weight is 156 g/mol. The standard InChI is InChI=1S/C9H16O2/c1-5-11-7-9(6-10-4)8(2)3/h7H,2,5-6H2,1,3-4H3/b9-7-. The van der Waals surface area contributed by atoms with Gasteiger partial charge in [-0.15, -0.1) is 0 Å². The Hall–Kier alpha value is -0.760. The molecule has 0 unspecified atom stereocenters. The lowest BCUT2D eigenvalue weighted by Gasteiger charge is -2.04. The Morgan fingerprint density at radius 3 is 2.55 bits per heavy atom. The van der Waals surface area contributed by atoms with Gasteiger partial charge in [-0.2, -0.15) is 0 Å². The maximum absolute atomic E-state index is 5.11. The molecule has 0 fully saturated rings. The summed E-state index contributed by atoms with van der Waals surface area (Å²) in [7, 11) is 1.66. The zero-order valence-electron chi connectivity index (χ0n) is 7.52. The highest BCUT2D eigenvalue weighted by Crippen LogP contribution is 2.06. The molecule has 11 heavy (non-hydrogen) atoms. The Labute approximate surface area is 68.5 Å². The minimum atomic E-state index is 0.565. The van der Waals surface area contributed by atoms with E-state index >= 15 is 0 Å². The quantitative estimate of drug-likeness (QED) is 0.448. The molecular weight excluding hydrogens is 140 g/mol. The Bertz CT molecular complexity index is 148. The van der Waals surface area contributed by atoms with Crippen molar-refractivity contribution in [3.8, 4) is 0 Å². The SMILES string of the molecule is C=C(C)/C(=C\OCC)COC. The van der Waals surface area contributed by atoms with E-state index in [-0.39, 0.29) is 0 Å². The minimum Gasteiger partial charge on any atom is -0.501 e. The van der Waals surface area contributed by atoms with Gasteiger partial charge in [-0.25, -0.2) is 0 Å². The van der Waals surface area contributed by atoms with Gasteiger partial charge >= 0.3 is 0 Å². The van der Waals surface area contributed by atoms with Crippen molar-refractivity contribution in [2.75, 3.05) is 20.3 Å². The van der Waals surface area contributed by atoms with Crippen molar-refractivity contribution in [2.24, 2.45) is 0 Å². The first-order chi connectivity index (χ1) is 5.22. The van der Waals surface area contributed by atoms with Crippen LogP contribution in [0.5, 0.6) is 0 Å². The highest BCUT2D eigenvalue weighted by Gasteiger charge is 1.96. The van der Waals surface area contributed by atoms with Gasteiger partial charge in [-0.1, -0.05) is 6.58 Å². The van der Waals surface area contributed by atoms with Crippen LogP contribution in [-0.2, 0) is 9.47 Å². The van der Waals surface area contributed by atoms with Crippen molar-refractivity contribution in [3.63, 3.8) is 0 Å². The molecule has 2 heteroatoms. The molecule has 0 saturated carbocycles. The van der Waals surface area contributed by atoms with Crippen molar-refractivity contribution in [2.45, 2.75) is 13.8 Å². The molecule has 0 amide bonds. The summed E-state index contributed by atoms with van der Waals surface area (Å²) in [6.07, 6.45) is 1.70. The molecule has 0 rings (SSSR count). The summed E-state index contributed by atoms with van der Waals surface area (Å²) in [4.78, 5) is 0. The van der Waals surface area contributed by atoms with Crippen molar-refractivity contribution in [3.05, 3.63) is 24.0 Å². The van der Waals surface area contributed by atoms with Crippen molar-refractivity contribution in [1.82, 2.24) is 0 Å². The smallest absolute Gasteiger partial charge is 0.0886 e. The van der Waals surface area contributed by atoms with Gasteiger partial charge in [-0.05, 0) is 19.4 Å². The van der Waals surface area contributed by atoms with E-state index in [0.717, 1.165) is 11.1 Å². The van der Waals surface area contributed by atoms with E-state index in [1.165, 1.54) is 0 Å². The van der Waals surface area contributed by atoms with E-state index in [2.05, 4.69) is 6.58 Å². The van der Waals surface area contributed by atoms with Crippen molar-refractivity contribution in [1.29, 1.82) is 0 Å². The molecule has 0 aliphatic heterocycles. The fourth-order valence-electron chi connectivity index (χ4n) is 0.597. The van der Waals surface area contributed by atoms with Gasteiger partial charge in [0.1, 0.15) is 0 Å². The lowest BCUT2D eigenvalue weighted by Crippen LogP contribution is -1.96. The van der Waals surface area contributed by atoms with Crippen LogP contribution in [0.3, 0.4) is 0 Å². The molecule has 0 atom stereocenters. The highest BCUT2D eigenvalue weighted by atomic mass is 16.5. The first kappa shape index (κ1) is 10.2. The second-order valence-corrected chi connectivity index (χ2v) is 2.31. The van der Waals surface area contributed by atoms with Crippen molar-refractivity contribution >= 4 is 0 Å². The molecule has 0 aliphatic carbocycles. The Kier molecular flexibility index (Phi) is 5.57. The van der Waals surface area contributed by atoms with Gasteiger partial charge in [0.05, 0.1) is 19.5 Å².